The highest BCUT2D eigenvalue weighted by Crippen LogP contribution is 2.26. The summed E-state index contributed by atoms with van der Waals surface area (Å²) >= 11 is 10.2. The molecule has 0 spiro atoms. The third kappa shape index (κ3) is 5.25. The average molecular weight is 462 g/mol. The molecule has 0 atom stereocenters. The van der Waals surface area contributed by atoms with E-state index in [0.717, 1.165) is 28.1 Å². The van der Waals surface area contributed by atoms with Gasteiger partial charge in [0.15, 0.2) is 0 Å². The van der Waals surface area contributed by atoms with Crippen LogP contribution in [0.3, 0.4) is 0 Å². The molecule has 160 valence electrons. The summed E-state index contributed by atoms with van der Waals surface area (Å²) in [7, 11) is 0. The summed E-state index contributed by atoms with van der Waals surface area (Å²) in [6.45, 7) is 0. The number of carbonyl (C=O) groups excluding carboxylic acids is 1. The van der Waals surface area contributed by atoms with Crippen LogP contribution < -0.4 is 10.6 Å². The van der Waals surface area contributed by atoms with E-state index in [0.29, 0.717) is 28.8 Å². The molecule has 0 aliphatic heterocycles. The Bertz CT molecular complexity index is 1220. The molecule has 0 fully saturated rings. The molecule has 0 bridgehead atoms. The van der Waals surface area contributed by atoms with Crippen molar-refractivity contribution in [3.8, 4) is 11.3 Å². The smallest absolute Gasteiger partial charge is 0.255 e. The Morgan fingerprint density at radius 2 is 1.88 bits per heavy atom. The number of anilines is 3. The van der Waals surface area contributed by atoms with Crippen molar-refractivity contribution < 1.29 is 4.79 Å². The van der Waals surface area contributed by atoms with E-state index in [-0.39, 0.29) is 5.91 Å². The van der Waals surface area contributed by atoms with Crippen molar-refractivity contribution in [2.45, 2.75) is 11.6 Å². The summed E-state index contributed by atoms with van der Waals surface area (Å²) in [6.07, 6.45) is 5.16. The van der Waals surface area contributed by atoms with Gasteiger partial charge in [0, 0.05) is 52.7 Å². The predicted octanol–water partition coefficient (Wildman–Crippen LogP) is 5.70. The predicted molar refractivity (Wildman–Crippen MR) is 132 cm³/mol. The number of nitrogens with one attached hydrogen (secondary N) is 2. The molecule has 0 unspecified atom stereocenters. The highest BCUT2D eigenvalue weighted by molar-refractivity contribution is 7.79. The molecule has 2 aromatic carbocycles. The third-order valence-corrected chi connectivity index (χ3v) is 5.42. The Kier molecular flexibility index (Phi) is 6.99. The maximum atomic E-state index is 12.6. The SMILES string of the molecule is O=C(Nc1ccc(CS)c(Nc2nccc(-c3cccnc3)n2)c1)c1ccc(CCl)cc1. The lowest BCUT2D eigenvalue weighted by molar-refractivity contribution is 0.102. The van der Waals surface area contributed by atoms with E-state index in [4.69, 9.17) is 11.6 Å². The number of benzene rings is 2. The van der Waals surface area contributed by atoms with Gasteiger partial charge in [-0.2, -0.15) is 12.6 Å². The number of hydrogen-bond acceptors (Lipinski definition) is 6. The monoisotopic (exact) mass is 461 g/mol. The standard InChI is InChI=1S/C24H20ClN5OS/c25-13-16-3-5-17(6-4-16)23(31)28-20-8-7-19(15-32)22(12-20)30-24-27-11-9-21(29-24)18-2-1-10-26-14-18/h1-12,14,32H,13,15H2,(H,28,31)(H,27,29,30). The van der Waals surface area contributed by atoms with Gasteiger partial charge in [-0.1, -0.05) is 18.2 Å². The lowest BCUT2D eigenvalue weighted by Gasteiger charge is -2.13. The fourth-order valence-corrected chi connectivity index (χ4v) is 3.53. The molecule has 0 saturated heterocycles. The number of rotatable bonds is 7. The fourth-order valence-electron chi connectivity index (χ4n) is 3.07. The number of nitrogens with zero attached hydrogens (tertiary/aromatic N) is 3. The first kappa shape index (κ1) is 21.8. The van der Waals surface area contributed by atoms with Gasteiger partial charge in [0.25, 0.3) is 5.91 Å². The Labute approximate surface area is 196 Å². The molecule has 0 saturated carbocycles. The minimum atomic E-state index is -0.203. The molecule has 1 amide bonds. The molecule has 4 rings (SSSR count). The first-order valence-corrected chi connectivity index (χ1v) is 11.0. The zero-order chi connectivity index (χ0) is 22.3. The molecular weight excluding hydrogens is 442 g/mol. The maximum absolute atomic E-state index is 12.6. The quantitative estimate of drug-likeness (QED) is 0.243. The maximum Gasteiger partial charge on any atom is 0.255 e. The number of amides is 1. The van der Waals surface area contributed by atoms with Gasteiger partial charge >= 0.3 is 0 Å². The zero-order valence-electron chi connectivity index (χ0n) is 17.0. The Balaban J connectivity index is 1.55. The normalized spacial score (nSPS) is 10.6. The van der Waals surface area contributed by atoms with Crippen LogP contribution >= 0.6 is 24.2 Å². The molecular formula is C24H20ClN5OS. The van der Waals surface area contributed by atoms with Gasteiger partial charge in [-0.3, -0.25) is 9.78 Å². The minimum Gasteiger partial charge on any atom is -0.324 e. The molecule has 0 aliphatic rings. The molecule has 8 heteroatoms. The highest BCUT2D eigenvalue weighted by atomic mass is 35.5. The second-order valence-electron chi connectivity index (χ2n) is 6.95. The van der Waals surface area contributed by atoms with E-state index in [1.54, 1.807) is 30.7 Å². The van der Waals surface area contributed by atoms with Crippen molar-refractivity contribution in [2.75, 3.05) is 10.6 Å². The summed E-state index contributed by atoms with van der Waals surface area (Å²) < 4.78 is 0. The van der Waals surface area contributed by atoms with Crippen LogP contribution in [0.5, 0.6) is 0 Å². The molecule has 0 aliphatic carbocycles. The Morgan fingerprint density at radius 1 is 1.03 bits per heavy atom. The van der Waals surface area contributed by atoms with Crippen molar-refractivity contribution in [3.63, 3.8) is 0 Å². The largest absolute Gasteiger partial charge is 0.324 e. The third-order valence-electron chi connectivity index (χ3n) is 4.77. The van der Waals surface area contributed by atoms with Crippen LogP contribution in [-0.4, -0.2) is 20.9 Å². The van der Waals surface area contributed by atoms with Crippen molar-refractivity contribution >= 4 is 47.5 Å². The summed E-state index contributed by atoms with van der Waals surface area (Å²) in [5.74, 6) is 1.16. The van der Waals surface area contributed by atoms with Gasteiger partial charge < -0.3 is 10.6 Å². The number of carbonyl (C=O) groups is 1. The molecule has 6 nitrogen and oxygen atoms in total. The molecule has 32 heavy (non-hydrogen) atoms. The molecule has 4 aromatic rings. The van der Waals surface area contributed by atoms with E-state index in [1.807, 2.05) is 48.5 Å². The van der Waals surface area contributed by atoms with Crippen molar-refractivity contribution in [1.29, 1.82) is 0 Å². The van der Waals surface area contributed by atoms with Crippen molar-refractivity contribution in [2.24, 2.45) is 0 Å². The van der Waals surface area contributed by atoms with Crippen molar-refractivity contribution in [1.82, 2.24) is 15.0 Å². The Morgan fingerprint density at radius 3 is 2.59 bits per heavy atom. The second-order valence-corrected chi connectivity index (χ2v) is 7.53. The van der Waals surface area contributed by atoms with E-state index in [2.05, 4.69) is 38.2 Å². The van der Waals surface area contributed by atoms with Crippen LogP contribution in [0.2, 0.25) is 0 Å². The number of thiol groups is 1. The van der Waals surface area contributed by atoms with Gasteiger partial charge in [-0.15, -0.1) is 11.6 Å². The molecule has 2 aromatic heterocycles. The lowest BCUT2D eigenvalue weighted by atomic mass is 10.1. The topological polar surface area (TPSA) is 79.8 Å². The van der Waals surface area contributed by atoms with E-state index < -0.39 is 0 Å². The number of pyridine rings is 1. The van der Waals surface area contributed by atoms with Gasteiger partial charge in [-0.05, 0) is 53.6 Å². The number of aromatic nitrogens is 3. The highest BCUT2D eigenvalue weighted by Gasteiger charge is 2.10. The zero-order valence-corrected chi connectivity index (χ0v) is 18.6. The lowest BCUT2D eigenvalue weighted by Crippen LogP contribution is -2.12. The summed E-state index contributed by atoms with van der Waals surface area (Å²) in [5, 5.41) is 6.17. The van der Waals surface area contributed by atoms with E-state index >= 15 is 0 Å². The first-order chi connectivity index (χ1) is 15.7. The van der Waals surface area contributed by atoms with Gasteiger partial charge in [0.05, 0.1) is 5.69 Å². The van der Waals surface area contributed by atoms with Gasteiger partial charge in [0.1, 0.15) is 0 Å². The summed E-state index contributed by atoms with van der Waals surface area (Å²) in [5.41, 5.74) is 5.53. The first-order valence-electron chi connectivity index (χ1n) is 9.87. The number of hydrogen-bond donors (Lipinski definition) is 3. The molecule has 2 N–H and O–H groups in total. The average Bonchev–Trinajstić information content (AvgIpc) is 2.85. The second kappa shape index (κ2) is 10.3. The van der Waals surface area contributed by atoms with Gasteiger partial charge in [0.2, 0.25) is 5.95 Å². The van der Waals surface area contributed by atoms with Crippen LogP contribution in [0.1, 0.15) is 21.5 Å². The van der Waals surface area contributed by atoms with Crippen LogP contribution in [0, 0.1) is 0 Å². The van der Waals surface area contributed by atoms with Crippen LogP contribution in [0.15, 0.2) is 79.3 Å². The van der Waals surface area contributed by atoms with Gasteiger partial charge in [-0.25, -0.2) is 9.97 Å². The molecule has 2 heterocycles. The van der Waals surface area contributed by atoms with Crippen LogP contribution in [-0.2, 0) is 11.6 Å². The number of halogens is 1. The van der Waals surface area contributed by atoms with E-state index in [9.17, 15) is 4.79 Å². The van der Waals surface area contributed by atoms with Crippen LogP contribution in [0.25, 0.3) is 11.3 Å². The van der Waals surface area contributed by atoms with E-state index in [1.165, 1.54) is 0 Å². The number of alkyl halides is 1. The van der Waals surface area contributed by atoms with Crippen LogP contribution in [0.4, 0.5) is 17.3 Å². The summed E-state index contributed by atoms with van der Waals surface area (Å²) in [6, 6.07) is 18.4. The minimum absolute atomic E-state index is 0.203. The summed E-state index contributed by atoms with van der Waals surface area (Å²) in [4.78, 5) is 25.7. The Hall–Kier alpha value is -3.42. The molecule has 0 radical (unpaired) electrons. The fraction of sp³-hybridized carbons (Fsp3) is 0.0833. The van der Waals surface area contributed by atoms with Crippen molar-refractivity contribution in [3.05, 3.63) is 95.9 Å².